The van der Waals surface area contributed by atoms with E-state index in [2.05, 4.69) is 20.3 Å². The van der Waals surface area contributed by atoms with Gasteiger partial charge < -0.3 is 11.1 Å². The predicted molar refractivity (Wildman–Crippen MR) is 106 cm³/mol. The number of hydrogen-bond donors (Lipinski definition) is 2. The first-order valence-corrected chi connectivity index (χ1v) is 11.2. The molecule has 0 aromatic carbocycles. The van der Waals surface area contributed by atoms with Crippen LogP contribution in [0.4, 0.5) is 10.9 Å². The Bertz CT molecular complexity index is 994. The van der Waals surface area contributed by atoms with Gasteiger partial charge >= 0.3 is 0 Å². The molecule has 0 saturated heterocycles. The molecule has 0 atom stereocenters. The van der Waals surface area contributed by atoms with E-state index in [1.54, 1.807) is 6.07 Å². The van der Waals surface area contributed by atoms with E-state index in [0.29, 0.717) is 46.7 Å². The maximum absolute atomic E-state index is 12.5. The average molecular weight is 413 g/mol. The highest BCUT2D eigenvalue weighted by atomic mass is 32.2. The van der Waals surface area contributed by atoms with E-state index in [0.717, 1.165) is 9.71 Å². The summed E-state index contributed by atoms with van der Waals surface area (Å²) in [5, 5.41) is 3.68. The molecule has 3 heterocycles. The lowest BCUT2D eigenvalue weighted by Crippen LogP contribution is -2.29. The van der Waals surface area contributed by atoms with Crippen molar-refractivity contribution in [1.82, 2.24) is 19.3 Å². The van der Waals surface area contributed by atoms with Crippen LogP contribution in [0.3, 0.4) is 0 Å². The SMILES string of the molecule is CCN(CC)S(=O)(=O)c1ccc(CCNc2ncnc3sc(N)nc23)s1. The number of nitrogens with one attached hydrogen (secondary N) is 1. The van der Waals surface area contributed by atoms with Gasteiger partial charge in [0, 0.05) is 24.5 Å². The summed E-state index contributed by atoms with van der Waals surface area (Å²) >= 11 is 2.62. The summed E-state index contributed by atoms with van der Waals surface area (Å²) in [7, 11) is -3.40. The summed E-state index contributed by atoms with van der Waals surface area (Å²) in [6.45, 7) is 5.22. The molecule has 3 N–H and O–H groups in total. The summed E-state index contributed by atoms with van der Waals surface area (Å²) in [4.78, 5) is 14.3. The Morgan fingerprint density at radius 2 is 1.96 bits per heavy atom. The Labute approximate surface area is 160 Å². The molecule has 0 aliphatic heterocycles. The maximum atomic E-state index is 12.5. The second-order valence-electron chi connectivity index (χ2n) is 5.41. The first-order chi connectivity index (χ1) is 12.5. The van der Waals surface area contributed by atoms with E-state index in [1.165, 1.54) is 33.3 Å². The lowest BCUT2D eigenvalue weighted by molar-refractivity contribution is 0.447. The van der Waals surface area contributed by atoms with Gasteiger partial charge in [0.1, 0.15) is 16.1 Å². The third-order valence-corrected chi connectivity index (χ3v) is 8.27. The Morgan fingerprint density at radius 3 is 2.69 bits per heavy atom. The summed E-state index contributed by atoms with van der Waals surface area (Å²) in [6.07, 6.45) is 2.16. The van der Waals surface area contributed by atoms with Crippen molar-refractivity contribution in [3.63, 3.8) is 0 Å². The molecule has 8 nitrogen and oxygen atoms in total. The van der Waals surface area contributed by atoms with Crippen molar-refractivity contribution in [3.05, 3.63) is 23.3 Å². The number of hydrogen-bond acceptors (Lipinski definition) is 9. The number of aromatic nitrogens is 3. The number of anilines is 2. The van der Waals surface area contributed by atoms with E-state index >= 15 is 0 Å². The minimum atomic E-state index is -3.40. The quantitative estimate of drug-likeness (QED) is 0.584. The first kappa shape index (κ1) is 19.0. The zero-order chi connectivity index (χ0) is 18.7. The number of nitrogens with two attached hydrogens (primary N) is 1. The summed E-state index contributed by atoms with van der Waals surface area (Å²) in [5.41, 5.74) is 6.38. The van der Waals surface area contributed by atoms with Crippen molar-refractivity contribution in [1.29, 1.82) is 0 Å². The van der Waals surface area contributed by atoms with Crippen molar-refractivity contribution in [2.45, 2.75) is 24.5 Å². The predicted octanol–water partition coefficient (Wildman–Crippen LogP) is 2.42. The number of thiazole rings is 1. The zero-order valence-electron chi connectivity index (χ0n) is 14.5. The normalized spacial score (nSPS) is 12.1. The van der Waals surface area contributed by atoms with E-state index in [9.17, 15) is 8.42 Å². The topological polar surface area (TPSA) is 114 Å². The second kappa shape index (κ2) is 7.82. The van der Waals surface area contributed by atoms with Crippen LogP contribution >= 0.6 is 22.7 Å². The molecule has 0 spiro atoms. The highest BCUT2D eigenvalue weighted by Gasteiger charge is 2.23. The third-order valence-electron chi connectivity index (χ3n) is 3.81. The Balaban J connectivity index is 1.67. The largest absolute Gasteiger partial charge is 0.375 e. The first-order valence-electron chi connectivity index (χ1n) is 8.15. The van der Waals surface area contributed by atoms with Crippen LogP contribution in [0.15, 0.2) is 22.7 Å². The molecular weight excluding hydrogens is 392 g/mol. The fourth-order valence-corrected chi connectivity index (χ4v) is 6.17. The molecule has 26 heavy (non-hydrogen) atoms. The molecule has 0 aliphatic rings. The zero-order valence-corrected chi connectivity index (χ0v) is 16.9. The van der Waals surface area contributed by atoms with Gasteiger partial charge in [0.15, 0.2) is 15.8 Å². The smallest absolute Gasteiger partial charge is 0.252 e. The average Bonchev–Trinajstić information content (AvgIpc) is 3.22. The van der Waals surface area contributed by atoms with Crippen LogP contribution in [0.5, 0.6) is 0 Å². The molecule has 0 radical (unpaired) electrons. The van der Waals surface area contributed by atoms with E-state index in [4.69, 9.17) is 5.73 Å². The van der Waals surface area contributed by atoms with Crippen LogP contribution in [0, 0.1) is 0 Å². The number of fused-ring (bicyclic) bond motifs is 1. The highest BCUT2D eigenvalue weighted by Crippen LogP contribution is 2.27. The fourth-order valence-electron chi connectivity index (χ4n) is 2.53. The molecule has 3 aromatic rings. The van der Waals surface area contributed by atoms with Crippen molar-refractivity contribution in [2.24, 2.45) is 0 Å². The van der Waals surface area contributed by atoms with Crippen LogP contribution in [0.1, 0.15) is 18.7 Å². The molecule has 0 fully saturated rings. The van der Waals surface area contributed by atoms with Crippen molar-refractivity contribution in [3.8, 4) is 0 Å². The van der Waals surface area contributed by atoms with Crippen LogP contribution in [-0.2, 0) is 16.4 Å². The number of sulfonamides is 1. The minimum Gasteiger partial charge on any atom is -0.375 e. The monoisotopic (exact) mass is 412 g/mol. The maximum Gasteiger partial charge on any atom is 0.252 e. The molecule has 3 rings (SSSR count). The Morgan fingerprint density at radius 1 is 1.19 bits per heavy atom. The fraction of sp³-hybridized carbons (Fsp3) is 0.400. The summed E-state index contributed by atoms with van der Waals surface area (Å²) in [6, 6.07) is 3.54. The van der Waals surface area contributed by atoms with Gasteiger partial charge in [-0.25, -0.2) is 23.4 Å². The van der Waals surface area contributed by atoms with Gasteiger partial charge in [0.25, 0.3) is 10.0 Å². The third kappa shape index (κ3) is 3.80. The Kier molecular flexibility index (Phi) is 5.70. The van der Waals surface area contributed by atoms with Crippen molar-refractivity contribution >= 4 is 54.0 Å². The molecule has 0 unspecified atom stereocenters. The number of nitrogen functional groups attached to an aromatic ring is 1. The van der Waals surface area contributed by atoms with Crippen LogP contribution in [-0.4, -0.2) is 47.3 Å². The van der Waals surface area contributed by atoms with E-state index in [-0.39, 0.29) is 0 Å². The van der Waals surface area contributed by atoms with Gasteiger partial charge in [-0.15, -0.1) is 11.3 Å². The van der Waals surface area contributed by atoms with Gasteiger partial charge in [-0.1, -0.05) is 25.2 Å². The molecule has 0 amide bonds. The molecule has 0 aliphatic carbocycles. The number of nitrogens with zero attached hydrogens (tertiary/aromatic N) is 4. The molecule has 3 aromatic heterocycles. The summed E-state index contributed by atoms with van der Waals surface area (Å²) < 4.78 is 26.9. The van der Waals surface area contributed by atoms with Gasteiger partial charge in [0.05, 0.1) is 0 Å². The molecule has 0 bridgehead atoms. The lowest BCUT2D eigenvalue weighted by atomic mass is 10.3. The number of rotatable bonds is 8. The van der Waals surface area contributed by atoms with Crippen LogP contribution < -0.4 is 11.1 Å². The standard InChI is InChI=1S/C15H20N6O2S3/c1-3-21(4-2)26(22,23)11-6-5-10(24-11)7-8-17-13-12-14(19-9-18-13)25-15(16)20-12/h5-6,9H,3-4,7-8H2,1-2H3,(H2,16,20)(H,17,18,19). The molecular formula is C15H20N6O2S3. The molecule has 11 heteroatoms. The molecule has 140 valence electrons. The van der Waals surface area contributed by atoms with Gasteiger partial charge in [-0.2, -0.15) is 4.31 Å². The Hall–Kier alpha value is -1.82. The van der Waals surface area contributed by atoms with E-state index < -0.39 is 10.0 Å². The number of thiophene rings is 1. The molecule has 0 saturated carbocycles. The van der Waals surface area contributed by atoms with Crippen LogP contribution in [0.2, 0.25) is 0 Å². The van der Waals surface area contributed by atoms with Crippen molar-refractivity contribution < 1.29 is 8.42 Å². The van der Waals surface area contributed by atoms with E-state index in [1.807, 2.05) is 19.9 Å². The van der Waals surface area contributed by atoms with Gasteiger partial charge in [-0.3, -0.25) is 0 Å². The van der Waals surface area contributed by atoms with Crippen LogP contribution in [0.25, 0.3) is 10.3 Å². The van der Waals surface area contributed by atoms with Gasteiger partial charge in [0.2, 0.25) is 0 Å². The minimum absolute atomic E-state index is 0.382. The highest BCUT2D eigenvalue weighted by molar-refractivity contribution is 7.91. The van der Waals surface area contributed by atoms with Gasteiger partial charge in [-0.05, 0) is 18.6 Å². The summed E-state index contributed by atoms with van der Waals surface area (Å²) in [5.74, 6) is 0.635. The van der Waals surface area contributed by atoms with Crippen molar-refractivity contribution in [2.75, 3.05) is 30.7 Å². The lowest BCUT2D eigenvalue weighted by Gasteiger charge is -2.16. The second-order valence-corrected chi connectivity index (χ2v) is 9.76.